The predicted octanol–water partition coefficient (Wildman–Crippen LogP) is 4.65. The Hall–Kier alpha value is -2.13. The molecular formula is C21H24Cl2N4O3S. The largest absolute Gasteiger partial charge is 0.461 e. The molecule has 1 atom stereocenters. The minimum absolute atomic E-state index is 0.0150. The van der Waals surface area contributed by atoms with Crippen molar-refractivity contribution in [3.8, 4) is 6.01 Å². The molecule has 1 aromatic heterocycles. The fourth-order valence-electron chi connectivity index (χ4n) is 3.09. The fraction of sp³-hybridized carbons (Fsp3) is 0.333. The first-order valence-corrected chi connectivity index (χ1v) is 12.1. The Morgan fingerprint density at radius 1 is 1.06 bits per heavy atom. The van der Waals surface area contributed by atoms with Crippen molar-refractivity contribution < 1.29 is 13.2 Å². The lowest BCUT2D eigenvalue weighted by atomic mass is 10.1. The number of halogens is 2. The lowest BCUT2D eigenvalue weighted by Crippen LogP contribution is -2.32. The zero-order valence-electron chi connectivity index (χ0n) is 17.4. The minimum atomic E-state index is -3.92. The van der Waals surface area contributed by atoms with Gasteiger partial charge in [-0.15, -0.1) is 5.10 Å². The lowest BCUT2D eigenvalue weighted by molar-refractivity contribution is 0.210. The van der Waals surface area contributed by atoms with Gasteiger partial charge in [-0.05, 0) is 51.0 Å². The summed E-state index contributed by atoms with van der Waals surface area (Å²) < 4.78 is 36.6. The number of aromatic nitrogens is 3. The second-order valence-electron chi connectivity index (χ2n) is 7.19. The highest BCUT2D eigenvalue weighted by molar-refractivity contribution is 7.89. The quantitative estimate of drug-likeness (QED) is 0.479. The highest BCUT2D eigenvalue weighted by Gasteiger charge is 2.28. The predicted molar refractivity (Wildman–Crippen MR) is 121 cm³/mol. The highest BCUT2D eigenvalue weighted by atomic mass is 35.5. The summed E-state index contributed by atoms with van der Waals surface area (Å²) in [7, 11) is -3.92. The molecule has 7 nitrogen and oxygen atoms in total. The molecule has 1 heterocycles. The third-order valence-electron chi connectivity index (χ3n) is 4.50. The number of nitrogens with zero attached hydrogens (tertiary/aromatic N) is 3. The van der Waals surface area contributed by atoms with Crippen LogP contribution in [0.4, 0.5) is 0 Å². The van der Waals surface area contributed by atoms with Crippen molar-refractivity contribution >= 4 is 33.2 Å². The van der Waals surface area contributed by atoms with Crippen molar-refractivity contribution in [2.24, 2.45) is 0 Å². The van der Waals surface area contributed by atoms with E-state index in [0.29, 0.717) is 24.8 Å². The van der Waals surface area contributed by atoms with E-state index in [4.69, 9.17) is 27.9 Å². The van der Waals surface area contributed by atoms with Gasteiger partial charge in [0.2, 0.25) is 10.0 Å². The molecule has 0 aliphatic heterocycles. The molecule has 0 aliphatic carbocycles. The molecule has 3 aromatic rings. The number of nitrogens with one attached hydrogen (secondary N) is 1. The van der Waals surface area contributed by atoms with E-state index in [1.54, 1.807) is 4.57 Å². The van der Waals surface area contributed by atoms with Gasteiger partial charge in [0.05, 0.1) is 27.1 Å². The molecule has 0 bridgehead atoms. The maximum Gasteiger partial charge on any atom is 0.317 e. The third-order valence-corrected chi connectivity index (χ3v) is 6.70. The summed E-state index contributed by atoms with van der Waals surface area (Å²) in [5, 5.41) is 8.84. The van der Waals surface area contributed by atoms with Crippen molar-refractivity contribution in [1.82, 2.24) is 19.5 Å². The molecule has 0 fully saturated rings. The van der Waals surface area contributed by atoms with Crippen LogP contribution in [0.5, 0.6) is 6.01 Å². The number of hydrogen-bond acceptors (Lipinski definition) is 5. The minimum Gasteiger partial charge on any atom is -0.461 e. The Balaban J connectivity index is 2.01. The average Bonchev–Trinajstić information content (AvgIpc) is 3.12. The van der Waals surface area contributed by atoms with Gasteiger partial charge in [0.25, 0.3) is 0 Å². The molecule has 31 heavy (non-hydrogen) atoms. The fourth-order valence-corrected chi connectivity index (χ4v) is 4.67. The Bertz CT molecular complexity index is 1130. The third kappa shape index (κ3) is 5.77. The zero-order chi connectivity index (χ0) is 22.6. The molecule has 0 radical (unpaired) electrons. The number of benzene rings is 2. The molecule has 1 N–H and O–H groups in total. The Morgan fingerprint density at radius 2 is 1.77 bits per heavy atom. The topological polar surface area (TPSA) is 86.1 Å². The molecule has 0 unspecified atom stereocenters. The molecule has 166 valence electrons. The Morgan fingerprint density at radius 3 is 2.39 bits per heavy atom. The highest BCUT2D eigenvalue weighted by Crippen LogP contribution is 2.27. The van der Waals surface area contributed by atoms with E-state index < -0.39 is 16.1 Å². The summed E-state index contributed by atoms with van der Waals surface area (Å²) in [5.74, 6) is 0.464. The van der Waals surface area contributed by atoms with Crippen molar-refractivity contribution in [3.05, 3.63) is 70.0 Å². The normalized spacial score (nSPS) is 12.8. The van der Waals surface area contributed by atoms with Crippen LogP contribution < -0.4 is 9.46 Å². The summed E-state index contributed by atoms with van der Waals surface area (Å²) in [4.78, 5) is 0.0150. The van der Waals surface area contributed by atoms with Crippen LogP contribution in [0.15, 0.2) is 53.4 Å². The van der Waals surface area contributed by atoms with Gasteiger partial charge in [-0.2, -0.15) is 0 Å². The summed E-state index contributed by atoms with van der Waals surface area (Å²) in [6.45, 7) is 6.23. The first-order valence-electron chi connectivity index (χ1n) is 9.82. The van der Waals surface area contributed by atoms with Gasteiger partial charge in [0.15, 0.2) is 5.82 Å². The van der Waals surface area contributed by atoms with E-state index in [1.165, 1.54) is 18.2 Å². The average molecular weight is 483 g/mol. The van der Waals surface area contributed by atoms with E-state index in [9.17, 15) is 8.42 Å². The van der Waals surface area contributed by atoms with Crippen LogP contribution >= 0.6 is 23.2 Å². The maximum atomic E-state index is 13.2. The van der Waals surface area contributed by atoms with E-state index in [2.05, 4.69) is 14.9 Å². The van der Waals surface area contributed by atoms with Crippen molar-refractivity contribution in [1.29, 1.82) is 0 Å². The van der Waals surface area contributed by atoms with E-state index >= 15 is 0 Å². The van der Waals surface area contributed by atoms with Crippen LogP contribution in [-0.4, -0.2) is 29.3 Å². The number of sulfonamides is 1. The summed E-state index contributed by atoms with van der Waals surface area (Å²) in [5.41, 5.74) is 0.946. The first-order chi connectivity index (χ1) is 14.7. The van der Waals surface area contributed by atoms with Gasteiger partial charge >= 0.3 is 6.01 Å². The zero-order valence-corrected chi connectivity index (χ0v) is 19.7. The van der Waals surface area contributed by atoms with Gasteiger partial charge in [-0.3, -0.25) is 4.57 Å². The number of rotatable bonds is 9. The molecule has 2 aromatic carbocycles. The molecule has 0 amide bonds. The molecule has 0 saturated heterocycles. The second kappa shape index (κ2) is 9.99. The molecule has 10 heteroatoms. The molecule has 0 spiro atoms. The Labute approximate surface area is 192 Å². The van der Waals surface area contributed by atoms with Crippen LogP contribution in [0.1, 0.15) is 38.2 Å². The summed E-state index contributed by atoms with van der Waals surface area (Å²) in [6, 6.07) is 13.4. The molecular weight excluding hydrogens is 459 g/mol. The lowest BCUT2D eigenvalue weighted by Gasteiger charge is -2.20. The molecule has 0 saturated carbocycles. The number of hydrogen-bond donors (Lipinski definition) is 1. The van der Waals surface area contributed by atoms with E-state index in [-0.39, 0.29) is 21.0 Å². The molecule has 3 rings (SSSR count). The number of ether oxygens (including phenoxy) is 1. The molecule has 0 aliphatic rings. The van der Waals surface area contributed by atoms with Crippen LogP contribution in [0.3, 0.4) is 0 Å². The van der Waals surface area contributed by atoms with E-state index in [1.807, 2.05) is 51.1 Å². The Kier molecular flexibility index (Phi) is 7.59. The van der Waals surface area contributed by atoms with Crippen molar-refractivity contribution in [2.45, 2.75) is 50.8 Å². The van der Waals surface area contributed by atoms with Crippen LogP contribution in [0.2, 0.25) is 10.0 Å². The van der Waals surface area contributed by atoms with Crippen molar-refractivity contribution in [3.63, 3.8) is 0 Å². The van der Waals surface area contributed by atoms with Gasteiger partial charge in [0, 0.05) is 6.54 Å². The van der Waals surface area contributed by atoms with Gasteiger partial charge in [0.1, 0.15) is 0 Å². The monoisotopic (exact) mass is 482 g/mol. The van der Waals surface area contributed by atoms with Crippen LogP contribution in [0.25, 0.3) is 0 Å². The summed E-state index contributed by atoms with van der Waals surface area (Å²) in [6.07, 6.45) is 0.282. The van der Waals surface area contributed by atoms with Crippen LogP contribution in [-0.2, 0) is 23.0 Å². The van der Waals surface area contributed by atoms with E-state index in [0.717, 1.165) is 5.56 Å². The van der Waals surface area contributed by atoms with Gasteiger partial charge < -0.3 is 4.74 Å². The van der Waals surface area contributed by atoms with Crippen molar-refractivity contribution in [2.75, 3.05) is 0 Å². The smallest absolute Gasteiger partial charge is 0.317 e. The standard InChI is InChI=1S/C21H24Cl2N4O3S/c1-4-27-20(24-25-21(27)30-14(2)3)19(12-15-8-6-5-7-9-15)26-31(28,29)16-10-11-17(22)18(23)13-16/h5-11,13-14,19,26H,4,12H2,1-3H3/t19-/m1/s1. The maximum absolute atomic E-state index is 13.2. The van der Waals surface area contributed by atoms with Gasteiger partial charge in [-0.25, -0.2) is 13.1 Å². The first kappa shape index (κ1) is 23.5. The van der Waals surface area contributed by atoms with Gasteiger partial charge in [-0.1, -0.05) is 58.6 Å². The van der Waals surface area contributed by atoms with Crippen LogP contribution in [0, 0.1) is 0 Å². The second-order valence-corrected chi connectivity index (χ2v) is 9.72. The SMILES string of the molecule is CCn1c(OC(C)C)nnc1[C@@H](Cc1ccccc1)NS(=O)(=O)c1ccc(Cl)c(Cl)c1. The summed E-state index contributed by atoms with van der Waals surface area (Å²) >= 11 is 12.0.